The monoisotopic (exact) mass is 483 g/mol. The number of hydrogen-bond acceptors (Lipinski definition) is 5. The Morgan fingerprint density at radius 3 is 2.49 bits per heavy atom. The van der Waals surface area contributed by atoms with Crippen molar-refractivity contribution in [2.45, 2.75) is 58.8 Å². The fraction of sp³-hybridized carbons (Fsp3) is 0.577. The summed E-state index contributed by atoms with van der Waals surface area (Å²) < 4.78 is 21.5. The number of fused-ring (bicyclic) bond motifs is 1. The number of nitrogens with zero attached hydrogens (tertiary/aromatic N) is 5. The van der Waals surface area contributed by atoms with Gasteiger partial charge in [-0.2, -0.15) is 5.10 Å². The molecule has 9 heteroatoms. The van der Waals surface area contributed by atoms with Gasteiger partial charge in [-0.15, -0.1) is 0 Å². The van der Waals surface area contributed by atoms with Crippen LogP contribution in [0.5, 0.6) is 0 Å². The molecule has 2 atom stereocenters. The van der Waals surface area contributed by atoms with E-state index in [0.717, 1.165) is 36.2 Å². The van der Waals surface area contributed by atoms with Crippen LogP contribution >= 0.6 is 0 Å². The van der Waals surface area contributed by atoms with E-state index in [0.29, 0.717) is 50.5 Å². The van der Waals surface area contributed by atoms with Crippen LogP contribution in [0.15, 0.2) is 18.2 Å². The average molecular weight is 484 g/mol. The van der Waals surface area contributed by atoms with Gasteiger partial charge in [0.15, 0.2) is 5.69 Å². The van der Waals surface area contributed by atoms with Crippen LogP contribution in [0.3, 0.4) is 0 Å². The van der Waals surface area contributed by atoms with Crippen LogP contribution in [-0.4, -0.2) is 82.9 Å². The van der Waals surface area contributed by atoms with E-state index in [-0.39, 0.29) is 36.4 Å². The third-order valence-electron chi connectivity index (χ3n) is 7.41. The first-order valence-corrected chi connectivity index (χ1v) is 12.6. The number of piperazine rings is 1. The minimum Gasteiger partial charge on any atom is -0.372 e. The van der Waals surface area contributed by atoms with Gasteiger partial charge >= 0.3 is 0 Å². The van der Waals surface area contributed by atoms with Crippen molar-refractivity contribution in [3.05, 3.63) is 46.5 Å². The summed E-state index contributed by atoms with van der Waals surface area (Å²) in [6.07, 6.45) is 2.63. The molecule has 2 aliphatic heterocycles. The summed E-state index contributed by atoms with van der Waals surface area (Å²) in [5, 5.41) is 4.66. The van der Waals surface area contributed by atoms with Gasteiger partial charge in [0.2, 0.25) is 5.91 Å². The number of aromatic nitrogens is 2. The number of ether oxygens (including phenoxy) is 1. The molecule has 1 aromatic carbocycles. The zero-order chi connectivity index (χ0) is 24.7. The molecule has 0 bridgehead atoms. The molecule has 3 heterocycles. The fourth-order valence-electron chi connectivity index (χ4n) is 5.67. The van der Waals surface area contributed by atoms with Crippen LogP contribution in [0.2, 0.25) is 0 Å². The van der Waals surface area contributed by atoms with E-state index in [1.54, 1.807) is 17.7 Å². The Balaban J connectivity index is 1.26. The molecule has 0 unspecified atom stereocenters. The number of halogens is 1. The quantitative estimate of drug-likeness (QED) is 0.668. The van der Waals surface area contributed by atoms with Crippen molar-refractivity contribution in [3.8, 4) is 0 Å². The molecule has 2 amide bonds. The van der Waals surface area contributed by atoms with Crippen LogP contribution < -0.4 is 4.90 Å². The highest BCUT2D eigenvalue weighted by molar-refractivity contribution is 5.94. The van der Waals surface area contributed by atoms with E-state index in [2.05, 4.69) is 10.00 Å². The lowest BCUT2D eigenvalue weighted by Crippen LogP contribution is -2.50. The second-order valence-corrected chi connectivity index (χ2v) is 10.0. The SMILES string of the molecule is Cc1c(F)cccc1N1CCN(C(=O)Cn2nc(C(=O)N3C[C@@H](C)O[C@@H](C)C3)c3c2CCC3)CC1. The highest BCUT2D eigenvalue weighted by Gasteiger charge is 2.33. The Hall–Kier alpha value is -2.94. The third-order valence-corrected chi connectivity index (χ3v) is 7.41. The lowest BCUT2D eigenvalue weighted by atomic mass is 10.1. The number of carbonyl (C=O) groups excluding carboxylic acids is 2. The van der Waals surface area contributed by atoms with Crippen LogP contribution in [0, 0.1) is 12.7 Å². The van der Waals surface area contributed by atoms with Crippen molar-refractivity contribution >= 4 is 17.5 Å². The minimum atomic E-state index is -0.208. The molecule has 8 nitrogen and oxygen atoms in total. The lowest BCUT2D eigenvalue weighted by molar-refractivity contribution is -0.132. The van der Waals surface area contributed by atoms with Crippen molar-refractivity contribution in [2.24, 2.45) is 0 Å². The zero-order valence-corrected chi connectivity index (χ0v) is 20.8. The number of hydrogen-bond donors (Lipinski definition) is 0. The summed E-state index contributed by atoms with van der Waals surface area (Å²) in [4.78, 5) is 32.3. The predicted molar refractivity (Wildman–Crippen MR) is 130 cm³/mol. The normalized spacial score (nSPS) is 22.5. The Labute approximate surface area is 205 Å². The van der Waals surface area contributed by atoms with Gasteiger partial charge in [0, 0.05) is 61.8 Å². The highest BCUT2D eigenvalue weighted by Crippen LogP contribution is 2.28. The summed E-state index contributed by atoms with van der Waals surface area (Å²) >= 11 is 0. The minimum absolute atomic E-state index is 0.00503. The van der Waals surface area contributed by atoms with E-state index >= 15 is 0 Å². The molecule has 188 valence electrons. The number of amides is 2. The van der Waals surface area contributed by atoms with Crippen LogP contribution in [-0.2, 0) is 28.9 Å². The lowest BCUT2D eigenvalue weighted by Gasteiger charge is -2.37. The molecule has 0 saturated carbocycles. The van der Waals surface area contributed by atoms with Crippen molar-refractivity contribution < 1.29 is 18.7 Å². The molecule has 3 aliphatic rings. The Kier molecular flexibility index (Phi) is 6.53. The number of anilines is 1. The maximum Gasteiger partial charge on any atom is 0.274 e. The van der Waals surface area contributed by atoms with Gasteiger partial charge in [0.05, 0.1) is 12.2 Å². The van der Waals surface area contributed by atoms with E-state index in [1.807, 2.05) is 29.7 Å². The molecular weight excluding hydrogens is 449 g/mol. The molecule has 1 aromatic heterocycles. The molecule has 5 rings (SSSR count). The summed E-state index contributed by atoms with van der Waals surface area (Å²) in [6, 6.07) is 5.13. The van der Waals surface area contributed by atoms with Crippen molar-refractivity contribution in [1.29, 1.82) is 0 Å². The second kappa shape index (κ2) is 9.60. The summed E-state index contributed by atoms with van der Waals surface area (Å²) in [5.41, 5.74) is 4.04. The maximum absolute atomic E-state index is 14.0. The summed E-state index contributed by atoms with van der Waals surface area (Å²) in [6.45, 7) is 9.47. The first kappa shape index (κ1) is 23.8. The topological polar surface area (TPSA) is 70.9 Å². The van der Waals surface area contributed by atoms with Crippen LogP contribution in [0.4, 0.5) is 10.1 Å². The number of morpholine rings is 1. The largest absolute Gasteiger partial charge is 0.372 e. The van der Waals surface area contributed by atoms with Gasteiger partial charge in [0.25, 0.3) is 5.91 Å². The highest BCUT2D eigenvalue weighted by atomic mass is 19.1. The van der Waals surface area contributed by atoms with Crippen molar-refractivity contribution in [3.63, 3.8) is 0 Å². The van der Waals surface area contributed by atoms with E-state index in [4.69, 9.17) is 4.74 Å². The maximum atomic E-state index is 14.0. The third kappa shape index (κ3) is 4.66. The summed E-state index contributed by atoms with van der Waals surface area (Å²) in [7, 11) is 0. The molecule has 2 fully saturated rings. The number of rotatable bonds is 4. The van der Waals surface area contributed by atoms with Crippen LogP contribution in [0.25, 0.3) is 0 Å². The molecule has 0 N–H and O–H groups in total. The van der Waals surface area contributed by atoms with Gasteiger partial charge in [-0.05, 0) is 52.2 Å². The molecule has 1 aliphatic carbocycles. The zero-order valence-electron chi connectivity index (χ0n) is 20.8. The molecular formula is C26H34FN5O3. The van der Waals surface area contributed by atoms with Gasteiger partial charge in [0.1, 0.15) is 12.4 Å². The van der Waals surface area contributed by atoms with Gasteiger partial charge in [-0.3, -0.25) is 14.3 Å². The molecule has 2 saturated heterocycles. The Bertz CT molecular complexity index is 1110. The van der Waals surface area contributed by atoms with Crippen molar-refractivity contribution in [2.75, 3.05) is 44.2 Å². The summed E-state index contributed by atoms with van der Waals surface area (Å²) in [5.74, 6) is -0.263. The Morgan fingerprint density at radius 2 is 1.77 bits per heavy atom. The number of benzene rings is 1. The standard InChI is InChI=1S/C26H34FN5O3/c1-17-14-31(15-18(2)35-17)26(34)25-20-6-4-9-23(20)32(28-25)16-24(33)30-12-10-29(11-13-30)22-8-5-7-21(27)19(22)3/h5,7-8,17-18H,4,6,9-16H2,1-3H3/t17-,18+. The number of carbonyl (C=O) groups is 2. The van der Waals surface area contributed by atoms with Crippen LogP contribution in [0.1, 0.15) is 47.6 Å². The average Bonchev–Trinajstić information content (AvgIpc) is 3.44. The first-order valence-electron chi connectivity index (χ1n) is 12.6. The van der Waals surface area contributed by atoms with E-state index in [1.165, 1.54) is 6.07 Å². The predicted octanol–water partition coefficient (Wildman–Crippen LogP) is 2.42. The van der Waals surface area contributed by atoms with Crippen molar-refractivity contribution in [1.82, 2.24) is 19.6 Å². The smallest absolute Gasteiger partial charge is 0.274 e. The molecule has 2 aromatic rings. The van der Waals surface area contributed by atoms with Gasteiger partial charge in [-0.25, -0.2) is 4.39 Å². The Morgan fingerprint density at radius 1 is 1.06 bits per heavy atom. The van der Waals surface area contributed by atoms with E-state index in [9.17, 15) is 14.0 Å². The van der Waals surface area contributed by atoms with E-state index < -0.39 is 0 Å². The van der Waals surface area contributed by atoms with Gasteiger partial charge < -0.3 is 19.4 Å². The molecule has 0 radical (unpaired) electrons. The molecule has 0 spiro atoms. The fourth-order valence-corrected chi connectivity index (χ4v) is 5.67. The first-order chi connectivity index (χ1) is 16.8. The molecule has 35 heavy (non-hydrogen) atoms. The van der Waals surface area contributed by atoms with Gasteiger partial charge in [-0.1, -0.05) is 6.07 Å². The second-order valence-electron chi connectivity index (χ2n) is 10.0.